The van der Waals surface area contributed by atoms with E-state index in [-0.39, 0.29) is 11.8 Å². The Bertz CT molecular complexity index is 715. The summed E-state index contributed by atoms with van der Waals surface area (Å²) in [6.07, 6.45) is 0. The van der Waals surface area contributed by atoms with Crippen LogP contribution in [0.5, 0.6) is 0 Å². The van der Waals surface area contributed by atoms with Crippen molar-refractivity contribution < 1.29 is 9.59 Å². The van der Waals surface area contributed by atoms with E-state index in [4.69, 9.17) is 11.6 Å². The average Bonchev–Trinajstić information content (AvgIpc) is 2.58. The monoisotopic (exact) mass is 300 g/mol. The molecule has 4 nitrogen and oxygen atoms in total. The average molecular weight is 301 g/mol. The van der Waals surface area contributed by atoms with Crippen LogP contribution in [0, 0.1) is 5.92 Å². The van der Waals surface area contributed by atoms with Crippen molar-refractivity contribution in [2.45, 2.75) is 6.92 Å². The first-order valence-electron chi connectivity index (χ1n) is 6.57. The maximum atomic E-state index is 12.7. The Morgan fingerprint density at radius 1 is 1.10 bits per heavy atom. The first-order valence-corrected chi connectivity index (χ1v) is 6.95. The lowest BCUT2D eigenvalue weighted by atomic mass is 10.1. The van der Waals surface area contributed by atoms with Gasteiger partial charge in [0, 0.05) is 10.7 Å². The Balaban J connectivity index is 2.23. The first kappa shape index (κ1) is 13.6. The fourth-order valence-electron chi connectivity index (χ4n) is 2.30. The fraction of sp³-hybridized carbons (Fsp3) is 0.125. The van der Waals surface area contributed by atoms with Gasteiger partial charge in [0.25, 0.3) is 0 Å². The molecule has 2 amide bonds. The number of anilines is 3. The van der Waals surface area contributed by atoms with Crippen molar-refractivity contribution in [3.8, 4) is 0 Å². The molecule has 0 aliphatic carbocycles. The van der Waals surface area contributed by atoms with Gasteiger partial charge in [0.2, 0.25) is 11.8 Å². The Morgan fingerprint density at radius 3 is 2.52 bits per heavy atom. The normalized spacial score (nSPS) is 18.0. The Morgan fingerprint density at radius 2 is 1.81 bits per heavy atom. The van der Waals surface area contributed by atoms with Crippen LogP contribution in [-0.2, 0) is 9.59 Å². The summed E-state index contributed by atoms with van der Waals surface area (Å²) in [5.41, 5.74) is 1.86. The van der Waals surface area contributed by atoms with Crippen LogP contribution in [0.15, 0.2) is 48.5 Å². The van der Waals surface area contributed by atoms with Gasteiger partial charge in [-0.25, -0.2) is 0 Å². The number of fused-ring (bicyclic) bond motifs is 1. The summed E-state index contributed by atoms with van der Waals surface area (Å²) in [6.45, 7) is 1.60. The molecule has 1 N–H and O–H groups in total. The van der Waals surface area contributed by atoms with Crippen LogP contribution in [0.1, 0.15) is 6.92 Å². The lowest BCUT2D eigenvalue weighted by Gasteiger charge is -2.23. The zero-order valence-corrected chi connectivity index (χ0v) is 12.1. The van der Waals surface area contributed by atoms with Gasteiger partial charge in [-0.2, -0.15) is 0 Å². The maximum absolute atomic E-state index is 12.7. The van der Waals surface area contributed by atoms with E-state index < -0.39 is 5.92 Å². The second kappa shape index (κ2) is 5.22. The molecule has 1 unspecified atom stereocenters. The highest BCUT2D eigenvalue weighted by atomic mass is 35.5. The van der Waals surface area contributed by atoms with Crippen LogP contribution < -0.4 is 10.2 Å². The predicted octanol–water partition coefficient (Wildman–Crippen LogP) is 3.59. The third-order valence-corrected chi connectivity index (χ3v) is 3.69. The largest absolute Gasteiger partial charge is 0.324 e. The van der Waals surface area contributed by atoms with Crippen molar-refractivity contribution in [2.75, 3.05) is 10.2 Å². The first-order chi connectivity index (χ1) is 10.1. The molecule has 21 heavy (non-hydrogen) atoms. The van der Waals surface area contributed by atoms with E-state index in [2.05, 4.69) is 5.32 Å². The number of rotatable bonds is 1. The zero-order valence-electron chi connectivity index (χ0n) is 11.3. The summed E-state index contributed by atoms with van der Waals surface area (Å²) in [6, 6.07) is 14.3. The molecule has 1 heterocycles. The van der Waals surface area contributed by atoms with Gasteiger partial charge >= 0.3 is 0 Å². The number of nitrogens with zero attached hydrogens (tertiary/aromatic N) is 1. The molecular weight excluding hydrogens is 288 g/mol. The molecule has 0 fully saturated rings. The second-order valence-corrected chi connectivity index (χ2v) is 5.32. The molecule has 1 aliphatic heterocycles. The highest BCUT2D eigenvalue weighted by molar-refractivity contribution is 6.31. The van der Waals surface area contributed by atoms with Crippen LogP contribution >= 0.6 is 11.6 Å². The van der Waals surface area contributed by atoms with Gasteiger partial charge in [-0.3, -0.25) is 14.5 Å². The molecule has 0 saturated heterocycles. The molecule has 0 aromatic heterocycles. The molecule has 106 valence electrons. The number of hydrogen-bond donors (Lipinski definition) is 1. The lowest BCUT2D eigenvalue weighted by Crippen LogP contribution is -2.34. The minimum atomic E-state index is -0.767. The third-order valence-electron chi connectivity index (χ3n) is 3.46. The summed E-state index contributed by atoms with van der Waals surface area (Å²) in [5.74, 6) is -1.36. The molecule has 2 aromatic carbocycles. The van der Waals surface area contributed by atoms with E-state index in [1.165, 1.54) is 4.90 Å². The van der Waals surface area contributed by atoms with Crippen LogP contribution in [0.4, 0.5) is 17.1 Å². The summed E-state index contributed by atoms with van der Waals surface area (Å²) in [7, 11) is 0. The standard InChI is InChI=1S/C16H13ClN2O2/c1-10-15(20)18-13-8-7-11(17)9-14(13)19(16(10)21)12-5-3-2-4-6-12/h2-10H,1H3,(H,18,20). The van der Waals surface area contributed by atoms with Gasteiger partial charge in [-0.15, -0.1) is 0 Å². The van der Waals surface area contributed by atoms with Crippen molar-refractivity contribution >= 4 is 40.5 Å². The zero-order chi connectivity index (χ0) is 15.0. The van der Waals surface area contributed by atoms with E-state index in [1.807, 2.05) is 30.3 Å². The number of nitrogens with one attached hydrogen (secondary N) is 1. The molecule has 3 rings (SSSR count). The van der Waals surface area contributed by atoms with Crippen molar-refractivity contribution in [1.29, 1.82) is 0 Å². The van der Waals surface area contributed by atoms with Gasteiger partial charge in [0.05, 0.1) is 11.4 Å². The van der Waals surface area contributed by atoms with Gasteiger partial charge in [0.1, 0.15) is 5.92 Å². The minimum Gasteiger partial charge on any atom is -0.324 e. The number of hydrogen-bond acceptors (Lipinski definition) is 2. The molecule has 2 aromatic rings. The number of para-hydroxylation sites is 1. The van der Waals surface area contributed by atoms with Crippen molar-refractivity contribution in [1.82, 2.24) is 0 Å². The molecule has 0 radical (unpaired) electrons. The third kappa shape index (κ3) is 2.38. The quantitative estimate of drug-likeness (QED) is 0.818. The van der Waals surface area contributed by atoms with Crippen LogP contribution in [-0.4, -0.2) is 11.8 Å². The van der Waals surface area contributed by atoms with Crippen molar-refractivity contribution in [3.63, 3.8) is 0 Å². The summed E-state index contributed by atoms with van der Waals surface area (Å²) in [5, 5.41) is 3.28. The molecule has 0 bridgehead atoms. The van der Waals surface area contributed by atoms with Crippen molar-refractivity contribution in [3.05, 3.63) is 53.6 Å². The Hall–Kier alpha value is -2.33. The van der Waals surface area contributed by atoms with Gasteiger partial charge < -0.3 is 5.32 Å². The number of carbonyl (C=O) groups excluding carboxylic acids is 2. The molecule has 0 spiro atoms. The van der Waals surface area contributed by atoms with Crippen LogP contribution in [0.2, 0.25) is 5.02 Å². The summed E-state index contributed by atoms with van der Waals surface area (Å²) in [4.78, 5) is 26.2. The molecule has 0 saturated carbocycles. The smallest absolute Gasteiger partial charge is 0.243 e. The minimum absolute atomic E-state index is 0.278. The maximum Gasteiger partial charge on any atom is 0.243 e. The SMILES string of the molecule is CC1C(=O)Nc2ccc(Cl)cc2N(c2ccccc2)C1=O. The molecule has 1 aliphatic rings. The molecule has 5 heteroatoms. The van der Waals surface area contributed by atoms with Gasteiger partial charge in [-0.1, -0.05) is 29.8 Å². The Kier molecular flexibility index (Phi) is 3.39. The van der Waals surface area contributed by atoms with Crippen molar-refractivity contribution in [2.24, 2.45) is 5.92 Å². The number of carbonyl (C=O) groups is 2. The highest BCUT2D eigenvalue weighted by Gasteiger charge is 2.33. The Labute approximate surface area is 127 Å². The summed E-state index contributed by atoms with van der Waals surface area (Å²) < 4.78 is 0. The van der Waals surface area contributed by atoms with E-state index >= 15 is 0 Å². The van der Waals surface area contributed by atoms with Crippen LogP contribution in [0.25, 0.3) is 0 Å². The second-order valence-electron chi connectivity index (χ2n) is 4.88. The molecule has 1 atom stereocenters. The van der Waals surface area contributed by atoms with E-state index in [9.17, 15) is 9.59 Å². The number of amides is 2. The highest BCUT2D eigenvalue weighted by Crippen LogP contribution is 2.37. The fourth-order valence-corrected chi connectivity index (χ4v) is 2.47. The topological polar surface area (TPSA) is 49.4 Å². The lowest BCUT2D eigenvalue weighted by molar-refractivity contribution is -0.129. The summed E-state index contributed by atoms with van der Waals surface area (Å²) >= 11 is 6.05. The number of benzene rings is 2. The van der Waals surface area contributed by atoms with E-state index in [0.29, 0.717) is 22.1 Å². The van der Waals surface area contributed by atoms with E-state index in [1.54, 1.807) is 25.1 Å². The van der Waals surface area contributed by atoms with Crippen LogP contribution in [0.3, 0.4) is 0 Å². The van der Waals surface area contributed by atoms with Gasteiger partial charge in [-0.05, 0) is 37.3 Å². The molecular formula is C16H13ClN2O2. The predicted molar refractivity (Wildman–Crippen MR) is 82.8 cm³/mol. The van der Waals surface area contributed by atoms with Gasteiger partial charge in [0.15, 0.2) is 0 Å². The number of halogens is 1. The van der Waals surface area contributed by atoms with E-state index in [0.717, 1.165) is 0 Å².